The Morgan fingerprint density at radius 3 is 3.06 bits per heavy atom. The van der Waals surface area contributed by atoms with Crippen LogP contribution in [0.15, 0.2) is 22.7 Å². The average Bonchev–Trinajstić information content (AvgIpc) is 2.33. The van der Waals surface area contributed by atoms with Crippen molar-refractivity contribution in [2.45, 2.75) is 12.6 Å². The molecule has 1 unspecified atom stereocenters. The number of morpholine rings is 1. The summed E-state index contributed by atoms with van der Waals surface area (Å²) in [6.07, 6.45) is -0.743. The number of halogens is 2. The molecule has 98 valence electrons. The summed E-state index contributed by atoms with van der Waals surface area (Å²) >= 11 is 9.50. The highest BCUT2D eigenvalue weighted by atomic mass is 79.9. The van der Waals surface area contributed by atoms with E-state index in [1.165, 1.54) is 0 Å². The predicted octanol–water partition coefficient (Wildman–Crippen LogP) is 2.39. The second-order valence-corrected chi connectivity index (χ2v) is 5.49. The van der Waals surface area contributed by atoms with Gasteiger partial charge in [0.05, 0.1) is 6.61 Å². The lowest BCUT2D eigenvalue weighted by Crippen LogP contribution is -2.45. The first-order valence-corrected chi connectivity index (χ1v) is 6.74. The Balaban J connectivity index is 2.02. The van der Waals surface area contributed by atoms with Gasteiger partial charge in [0.2, 0.25) is 0 Å². The fourth-order valence-electron chi connectivity index (χ4n) is 1.89. The van der Waals surface area contributed by atoms with Gasteiger partial charge in [0.15, 0.2) is 6.10 Å². The Bertz CT molecular complexity index is 455. The number of carboxylic acids is 1. The van der Waals surface area contributed by atoms with Crippen LogP contribution in [0.2, 0.25) is 5.02 Å². The van der Waals surface area contributed by atoms with E-state index in [4.69, 9.17) is 21.4 Å². The Kier molecular flexibility index (Phi) is 4.61. The molecule has 1 aliphatic heterocycles. The molecule has 1 fully saturated rings. The summed E-state index contributed by atoms with van der Waals surface area (Å²) in [7, 11) is 0. The van der Waals surface area contributed by atoms with Crippen LogP contribution in [0.3, 0.4) is 0 Å². The maximum absolute atomic E-state index is 10.9. The molecule has 1 heterocycles. The first-order chi connectivity index (χ1) is 8.56. The Hall–Kier alpha value is -0.620. The van der Waals surface area contributed by atoms with Crippen molar-refractivity contribution in [1.82, 2.24) is 4.90 Å². The zero-order chi connectivity index (χ0) is 13.1. The van der Waals surface area contributed by atoms with Crippen molar-refractivity contribution < 1.29 is 14.6 Å². The Morgan fingerprint density at radius 1 is 1.61 bits per heavy atom. The van der Waals surface area contributed by atoms with Gasteiger partial charge in [-0.2, -0.15) is 0 Å². The highest BCUT2D eigenvalue weighted by Crippen LogP contribution is 2.23. The number of aliphatic carboxylic acids is 1. The number of hydrogen-bond acceptors (Lipinski definition) is 3. The first kappa shape index (κ1) is 13.8. The fourth-order valence-corrected chi connectivity index (χ4v) is 2.62. The van der Waals surface area contributed by atoms with Crippen LogP contribution < -0.4 is 0 Å². The van der Waals surface area contributed by atoms with E-state index in [2.05, 4.69) is 15.9 Å². The zero-order valence-corrected chi connectivity index (χ0v) is 11.9. The van der Waals surface area contributed by atoms with E-state index in [1.807, 2.05) is 23.1 Å². The number of rotatable bonds is 3. The van der Waals surface area contributed by atoms with Gasteiger partial charge in [0.25, 0.3) is 0 Å². The van der Waals surface area contributed by atoms with E-state index < -0.39 is 12.1 Å². The van der Waals surface area contributed by atoms with Crippen LogP contribution in [-0.4, -0.2) is 41.8 Å². The van der Waals surface area contributed by atoms with Crippen LogP contribution in [0.5, 0.6) is 0 Å². The third-order valence-electron chi connectivity index (χ3n) is 2.84. The molecule has 1 aromatic carbocycles. The SMILES string of the molecule is O=C(O)C1CN(Cc2ccc(Br)cc2Cl)CCO1. The molecule has 1 aromatic rings. The summed E-state index contributed by atoms with van der Waals surface area (Å²) in [5.41, 5.74) is 0.992. The summed E-state index contributed by atoms with van der Waals surface area (Å²) in [6.45, 7) is 2.18. The molecule has 1 atom stereocenters. The molecule has 0 radical (unpaired) electrons. The second-order valence-electron chi connectivity index (χ2n) is 4.17. The molecule has 1 saturated heterocycles. The second kappa shape index (κ2) is 6.02. The molecule has 6 heteroatoms. The summed E-state index contributed by atoms with van der Waals surface area (Å²) in [6, 6.07) is 5.71. The van der Waals surface area contributed by atoms with Crippen LogP contribution in [-0.2, 0) is 16.1 Å². The van der Waals surface area contributed by atoms with Gasteiger partial charge >= 0.3 is 5.97 Å². The van der Waals surface area contributed by atoms with Gasteiger partial charge in [-0.15, -0.1) is 0 Å². The number of carbonyl (C=O) groups is 1. The summed E-state index contributed by atoms with van der Waals surface area (Å²) in [4.78, 5) is 12.9. The summed E-state index contributed by atoms with van der Waals surface area (Å²) in [5.74, 6) is -0.915. The molecule has 0 aromatic heterocycles. The standard InChI is InChI=1S/C12H13BrClNO3/c13-9-2-1-8(10(14)5-9)6-15-3-4-18-11(7-15)12(16)17/h1-2,5,11H,3-4,6-7H2,(H,16,17). The molecule has 2 rings (SSSR count). The van der Waals surface area contributed by atoms with E-state index in [0.29, 0.717) is 24.7 Å². The third kappa shape index (κ3) is 3.45. The van der Waals surface area contributed by atoms with Crippen molar-refractivity contribution in [2.24, 2.45) is 0 Å². The van der Waals surface area contributed by atoms with Crippen molar-refractivity contribution in [3.8, 4) is 0 Å². The lowest BCUT2D eigenvalue weighted by Gasteiger charge is -2.30. The molecule has 0 aliphatic carbocycles. The molecule has 0 bridgehead atoms. The van der Waals surface area contributed by atoms with Crippen LogP contribution in [0.25, 0.3) is 0 Å². The third-order valence-corrected chi connectivity index (χ3v) is 3.68. The molecule has 0 saturated carbocycles. The maximum Gasteiger partial charge on any atom is 0.334 e. The van der Waals surface area contributed by atoms with Crippen molar-refractivity contribution in [3.63, 3.8) is 0 Å². The predicted molar refractivity (Wildman–Crippen MR) is 71.8 cm³/mol. The van der Waals surface area contributed by atoms with Crippen molar-refractivity contribution in [2.75, 3.05) is 19.7 Å². The fraction of sp³-hybridized carbons (Fsp3) is 0.417. The van der Waals surface area contributed by atoms with Gasteiger partial charge in [-0.05, 0) is 17.7 Å². The lowest BCUT2D eigenvalue weighted by atomic mass is 10.2. The van der Waals surface area contributed by atoms with Gasteiger partial charge in [0.1, 0.15) is 0 Å². The van der Waals surface area contributed by atoms with Crippen LogP contribution >= 0.6 is 27.5 Å². The van der Waals surface area contributed by atoms with Gasteiger partial charge in [-0.1, -0.05) is 33.6 Å². The summed E-state index contributed by atoms with van der Waals surface area (Å²) < 4.78 is 6.11. The van der Waals surface area contributed by atoms with E-state index in [-0.39, 0.29) is 0 Å². The van der Waals surface area contributed by atoms with Gasteiger partial charge in [-0.3, -0.25) is 4.90 Å². The van der Waals surface area contributed by atoms with E-state index in [9.17, 15) is 4.79 Å². The maximum atomic E-state index is 10.9. The highest BCUT2D eigenvalue weighted by molar-refractivity contribution is 9.10. The Morgan fingerprint density at radius 2 is 2.39 bits per heavy atom. The van der Waals surface area contributed by atoms with Crippen molar-refractivity contribution in [3.05, 3.63) is 33.3 Å². The minimum absolute atomic E-state index is 0.391. The molecular formula is C12H13BrClNO3. The van der Waals surface area contributed by atoms with Crippen molar-refractivity contribution >= 4 is 33.5 Å². The average molecular weight is 335 g/mol. The lowest BCUT2D eigenvalue weighted by molar-refractivity contribution is -0.156. The first-order valence-electron chi connectivity index (χ1n) is 5.57. The van der Waals surface area contributed by atoms with Crippen LogP contribution in [0.1, 0.15) is 5.56 Å². The smallest absolute Gasteiger partial charge is 0.334 e. The van der Waals surface area contributed by atoms with Crippen LogP contribution in [0.4, 0.5) is 0 Å². The monoisotopic (exact) mass is 333 g/mol. The molecule has 1 N–H and O–H groups in total. The number of hydrogen-bond donors (Lipinski definition) is 1. The quantitative estimate of drug-likeness (QED) is 0.922. The number of nitrogens with zero attached hydrogens (tertiary/aromatic N) is 1. The summed E-state index contributed by atoms with van der Waals surface area (Å²) in [5, 5.41) is 9.61. The normalized spacial score (nSPS) is 20.9. The molecule has 0 spiro atoms. The molecular weight excluding hydrogens is 321 g/mol. The highest BCUT2D eigenvalue weighted by Gasteiger charge is 2.26. The molecule has 0 amide bonds. The van der Waals surface area contributed by atoms with E-state index >= 15 is 0 Å². The number of benzene rings is 1. The van der Waals surface area contributed by atoms with Gasteiger partial charge < -0.3 is 9.84 Å². The van der Waals surface area contributed by atoms with E-state index in [0.717, 1.165) is 16.6 Å². The number of carboxylic acid groups (broad SMARTS) is 1. The molecule has 4 nitrogen and oxygen atoms in total. The molecule has 1 aliphatic rings. The zero-order valence-electron chi connectivity index (χ0n) is 9.60. The largest absolute Gasteiger partial charge is 0.479 e. The number of ether oxygens (including phenoxy) is 1. The minimum atomic E-state index is -0.915. The van der Waals surface area contributed by atoms with Crippen molar-refractivity contribution in [1.29, 1.82) is 0 Å². The van der Waals surface area contributed by atoms with E-state index in [1.54, 1.807) is 0 Å². The van der Waals surface area contributed by atoms with Crippen LogP contribution in [0, 0.1) is 0 Å². The minimum Gasteiger partial charge on any atom is -0.479 e. The van der Waals surface area contributed by atoms with Gasteiger partial charge in [0, 0.05) is 29.1 Å². The molecule has 18 heavy (non-hydrogen) atoms. The topological polar surface area (TPSA) is 49.8 Å². The van der Waals surface area contributed by atoms with Gasteiger partial charge in [-0.25, -0.2) is 4.79 Å². The Labute approximate surface area is 119 Å².